The summed E-state index contributed by atoms with van der Waals surface area (Å²) in [6.07, 6.45) is 9.75. The minimum Gasteiger partial charge on any atom is -0.461 e. The van der Waals surface area contributed by atoms with Gasteiger partial charge < -0.3 is 35.1 Å². The Hall–Kier alpha value is -2.73. The number of nitrogens with zero attached hydrogens (tertiary/aromatic N) is 1. The van der Waals surface area contributed by atoms with E-state index in [0.29, 0.717) is 39.1 Å². The first kappa shape index (κ1) is 39.4. The first-order valence-corrected chi connectivity index (χ1v) is 17.4. The van der Waals surface area contributed by atoms with Crippen LogP contribution in [0.4, 0.5) is 5.69 Å². The molecular formula is C35H61N5O6. The molecule has 2 amide bonds. The molecule has 262 valence electrons. The molecule has 1 aliphatic rings. The van der Waals surface area contributed by atoms with E-state index >= 15 is 0 Å². The van der Waals surface area contributed by atoms with Crippen LogP contribution in [0.5, 0.6) is 0 Å². The molecule has 1 aromatic carbocycles. The predicted octanol–water partition coefficient (Wildman–Crippen LogP) is 4.56. The van der Waals surface area contributed by atoms with Crippen LogP contribution in [-0.4, -0.2) is 87.6 Å². The van der Waals surface area contributed by atoms with Crippen LogP contribution in [0.3, 0.4) is 0 Å². The average Bonchev–Trinajstić information content (AvgIpc) is 3.51. The van der Waals surface area contributed by atoms with E-state index in [2.05, 4.69) is 35.1 Å². The summed E-state index contributed by atoms with van der Waals surface area (Å²) < 4.78 is 16.7. The van der Waals surface area contributed by atoms with Crippen molar-refractivity contribution in [1.82, 2.24) is 20.9 Å². The number of carbonyl (C=O) groups excluding carboxylic acids is 3. The molecule has 1 saturated heterocycles. The van der Waals surface area contributed by atoms with Gasteiger partial charge in [0, 0.05) is 37.8 Å². The number of esters is 1. The molecule has 11 nitrogen and oxygen atoms in total. The molecular weight excluding hydrogens is 586 g/mol. The lowest BCUT2D eigenvalue weighted by atomic mass is 10.1. The Morgan fingerprint density at radius 1 is 0.891 bits per heavy atom. The van der Waals surface area contributed by atoms with Crippen molar-refractivity contribution >= 4 is 23.5 Å². The Morgan fingerprint density at radius 2 is 1.63 bits per heavy atom. The lowest BCUT2D eigenvalue weighted by Crippen LogP contribution is -2.43. The van der Waals surface area contributed by atoms with E-state index in [4.69, 9.17) is 14.2 Å². The standard InChI is InChI=1S/C35H61N5O6/c1-28(2)35(43)46-24-30-15-17-31(18-16-30)39-27-45-25-32-13-12-21-40(32)34(42)23-36-26-44-22-11-7-8-14-33(41)38-20-10-6-5-9-19-37-29(3)4/h15-18,28-29,32,36-37,39H,5-14,19-27H2,1-4H3,(H,38,41). The predicted molar refractivity (Wildman–Crippen MR) is 182 cm³/mol. The monoisotopic (exact) mass is 647 g/mol. The van der Waals surface area contributed by atoms with Gasteiger partial charge in [-0.25, -0.2) is 0 Å². The first-order chi connectivity index (χ1) is 22.3. The molecule has 0 radical (unpaired) electrons. The summed E-state index contributed by atoms with van der Waals surface area (Å²) in [4.78, 5) is 38.3. The topological polar surface area (TPSA) is 130 Å². The Labute approximate surface area is 277 Å². The number of amides is 2. The van der Waals surface area contributed by atoms with E-state index < -0.39 is 0 Å². The van der Waals surface area contributed by atoms with Crippen LogP contribution in [0.25, 0.3) is 0 Å². The lowest BCUT2D eigenvalue weighted by Gasteiger charge is -2.25. The number of ether oxygens (including phenoxy) is 3. The molecule has 0 aliphatic carbocycles. The lowest BCUT2D eigenvalue weighted by molar-refractivity contribution is -0.148. The maximum Gasteiger partial charge on any atom is 0.308 e. The Balaban J connectivity index is 1.43. The highest BCUT2D eigenvalue weighted by atomic mass is 16.5. The summed E-state index contributed by atoms with van der Waals surface area (Å²) in [6.45, 7) is 12.8. The van der Waals surface area contributed by atoms with Crippen LogP contribution in [0.2, 0.25) is 0 Å². The van der Waals surface area contributed by atoms with E-state index in [1.165, 1.54) is 12.8 Å². The summed E-state index contributed by atoms with van der Waals surface area (Å²) >= 11 is 0. The van der Waals surface area contributed by atoms with Crippen LogP contribution >= 0.6 is 0 Å². The van der Waals surface area contributed by atoms with E-state index in [9.17, 15) is 14.4 Å². The first-order valence-electron chi connectivity index (χ1n) is 17.4. The fourth-order valence-electron chi connectivity index (χ4n) is 5.09. The molecule has 2 rings (SSSR count). The molecule has 0 spiro atoms. The molecule has 46 heavy (non-hydrogen) atoms. The molecule has 1 aliphatic heterocycles. The molecule has 1 unspecified atom stereocenters. The number of benzene rings is 1. The maximum atomic E-state index is 12.8. The third-order valence-electron chi connectivity index (χ3n) is 7.84. The molecule has 4 N–H and O–H groups in total. The molecule has 1 heterocycles. The SMILES string of the molecule is CC(C)NCCCCCCNC(=O)CCCCCOCNCC(=O)N1CCCC1COCNc1ccc(COC(=O)C(C)C)cc1. The van der Waals surface area contributed by atoms with Crippen molar-refractivity contribution in [2.45, 2.75) is 111 Å². The largest absolute Gasteiger partial charge is 0.461 e. The van der Waals surface area contributed by atoms with Gasteiger partial charge in [-0.2, -0.15) is 0 Å². The zero-order valence-electron chi connectivity index (χ0n) is 28.9. The smallest absolute Gasteiger partial charge is 0.308 e. The molecule has 1 aromatic rings. The van der Waals surface area contributed by atoms with Gasteiger partial charge in [0.2, 0.25) is 11.8 Å². The number of hydrogen-bond donors (Lipinski definition) is 4. The second kappa shape index (κ2) is 24.4. The number of carbonyl (C=O) groups is 3. The van der Waals surface area contributed by atoms with E-state index in [1.54, 1.807) is 0 Å². The number of rotatable bonds is 26. The summed E-state index contributed by atoms with van der Waals surface area (Å²) in [5, 5.41) is 12.8. The molecule has 0 saturated carbocycles. The number of hydrogen-bond acceptors (Lipinski definition) is 9. The van der Waals surface area contributed by atoms with Crippen molar-refractivity contribution in [2.75, 3.05) is 58.2 Å². The highest BCUT2D eigenvalue weighted by molar-refractivity contribution is 5.79. The van der Waals surface area contributed by atoms with Crippen LogP contribution in [-0.2, 0) is 35.2 Å². The minimum atomic E-state index is -0.206. The molecule has 1 atom stereocenters. The Morgan fingerprint density at radius 3 is 2.37 bits per heavy atom. The zero-order chi connectivity index (χ0) is 33.4. The van der Waals surface area contributed by atoms with Crippen LogP contribution in [0, 0.1) is 5.92 Å². The van der Waals surface area contributed by atoms with E-state index in [0.717, 1.165) is 75.8 Å². The second-order valence-corrected chi connectivity index (χ2v) is 12.7. The van der Waals surface area contributed by atoms with Crippen LogP contribution < -0.4 is 21.3 Å². The fourth-order valence-corrected chi connectivity index (χ4v) is 5.09. The second-order valence-electron chi connectivity index (χ2n) is 12.7. The molecule has 1 fully saturated rings. The third kappa shape index (κ3) is 18.4. The van der Waals surface area contributed by atoms with Crippen molar-refractivity contribution in [3.8, 4) is 0 Å². The van der Waals surface area contributed by atoms with Crippen molar-refractivity contribution in [3.05, 3.63) is 29.8 Å². The van der Waals surface area contributed by atoms with Crippen molar-refractivity contribution < 1.29 is 28.6 Å². The van der Waals surface area contributed by atoms with Crippen LogP contribution in [0.15, 0.2) is 24.3 Å². The van der Waals surface area contributed by atoms with Gasteiger partial charge in [-0.15, -0.1) is 0 Å². The van der Waals surface area contributed by atoms with Gasteiger partial charge in [-0.05, 0) is 62.8 Å². The molecule has 0 bridgehead atoms. The summed E-state index contributed by atoms with van der Waals surface area (Å²) in [5.74, 6) is -0.147. The number of nitrogens with one attached hydrogen (secondary N) is 4. The van der Waals surface area contributed by atoms with Gasteiger partial charge in [0.25, 0.3) is 0 Å². The quantitative estimate of drug-likeness (QED) is 0.0650. The van der Waals surface area contributed by atoms with Crippen molar-refractivity contribution in [1.29, 1.82) is 0 Å². The van der Waals surface area contributed by atoms with Gasteiger partial charge in [-0.3, -0.25) is 19.7 Å². The van der Waals surface area contributed by atoms with Crippen molar-refractivity contribution in [3.63, 3.8) is 0 Å². The molecule has 0 aromatic heterocycles. The minimum absolute atomic E-state index is 0.0607. The maximum absolute atomic E-state index is 12.8. The highest BCUT2D eigenvalue weighted by Crippen LogP contribution is 2.18. The third-order valence-corrected chi connectivity index (χ3v) is 7.84. The van der Waals surface area contributed by atoms with E-state index in [-0.39, 0.29) is 42.9 Å². The normalized spacial score (nSPS) is 14.7. The summed E-state index contributed by atoms with van der Waals surface area (Å²) in [5.41, 5.74) is 1.84. The fraction of sp³-hybridized carbons (Fsp3) is 0.743. The van der Waals surface area contributed by atoms with Crippen molar-refractivity contribution in [2.24, 2.45) is 5.92 Å². The van der Waals surface area contributed by atoms with Gasteiger partial charge in [0.15, 0.2) is 0 Å². The van der Waals surface area contributed by atoms with Gasteiger partial charge >= 0.3 is 5.97 Å². The van der Waals surface area contributed by atoms with Gasteiger partial charge in [0.1, 0.15) is 13.3 Å². The Bertz CT molecular complexity index is 975. The summed E-state index contributed by atoms with van der Waals surface area (Å²) in [7, 11) is 0. The summed E-state index contributed by atoms with van der Waals surface area (Å²) in [6, 6.07) is 8.31. The number of likely N-dealkylation sites (tertiary alicyclic amines) is 1. The highest BCUT2D eigenvalue weighted by Gasteiger charge is 2.28. The van der Waals surface area contributed by atoms with E-state index in [1.807, 2.05) is 43.0 Å². The molecule has 11 heteroatoms. The zero-order valence-corrected chi connectivity index (χ0v) is 28.9. The number of anilines is 1. The number of unbranched alkanes of at least 4 members (excludes halogenated alkanes) is 5. The van der Waals surface area contributed by atoms with Gasteiger partial charge in [-0.1, -0.05) is 59.1 Å². The van der Waals surface area contributed by atoms with Crippen LogP contribution in [0.1, 0.15) is 97.5 Å². The van der Waals surface area contributed by atoms with Gasteiger partial charge in [0.05, 0.1) is 31.8 Å². The Kier molecular flexibility index (Phi) is 21.0. The average molecular weight is 648 g/mol.